The fourth-order valence-electron chi connectivity index (χ4n) is 8.20. The number of hydrogen-bond donors (Lipinski definition) is 0. The minimum absolute atomic E-state index is 0.873. The van der Waals surface area contributed by atoms with Crippen molar-refractivity contribution in [3.05, 3.63) is 182 Å². The second-order valence-corrected chi connectivity index (χ2v) is 13.3. The van der Waals surface area contributed by atoms with Crippen LogP contribution in [0.3, 0.4) is 0 Å². The molecule has 0 bridgehead atoms. The minimum Gasteiger partial charge on any atom is -0.452 e. The molecule has 0 radical (unpaired) electrons. The first-order chi connectivity index (χ1) is 25.3. The number of rotatable bonds is 4. The summed E-state index contributed by atoms with van der Waals surface area (Å²) in [5.41, 5.74) is 13.8. The maximum Gasteiger partial charge on any atom is 0.159 e. The maximum atomic E-state index is 6.82. The molecule has 3 nitrogen and oxygen atoms in total. The molecule has 10 aromatic rings. The first-order valence-electron chi connectivity index (χ1n) is 17.4. The summed E-state index contributed by atoms with van der Waals surface area (Å²) in [7, 11) is 0. The summed E-state index contributed by atoms with van der Waals surface area (Å²) in [5, 5.41) is 4.90. The van der Waals surface area contributed by atoms with Crippen molar-refractivity contribution in [1.82, 2.24) is 9.13 Å². The van der Waals surface area contributed by atoms with Gasteiger partial charge >= 0.3 is 0 Å². The van der Waals surface area contributed by atoms with Gasteiger partial charge in [-0.25, -0.2) is 0 Å². The van der Waals surface area contributed by atoms with Crippen LogP contribution in [0.4, 0.5) is 0 Å². The summed E-state index contributed by atoms with van der Waals surface area (Å²) < 4.78 is 11.6. The molecule has 0 amide bonds. The van der Waals surface area contributed by atoms with Crippen LogP contribution in [0.1, 0.15) is 0 Å². The number of ether oxygens (including phenoxy) is 1. The lowest BCUT2D eigenvalue weighted by Crippen LogP contribution is -2.05. The van der Waals surface area contributed by atoms with Crippen LogP contribution in [0, 0.1) is 0 Å². The quantitative estimate of drug-likeness (QED) is 0.185. The number of hydrogen-bond acceptors (Lipinski definition) is 1. The van der Waals surface area contributed by atoms with Crippen LogP contribution in [0.5, 0.6) is 11.5 Å². The van der Waals surface area contributed by atoms with Gasteiger partial charge in [0.2, 0.25) is 0 Å². The molecular formula is C48H30N2O. The molecule has 0 spiro atoms. The van der Waals surface area contributed by atoms with E-state index in [0.29, 0.717) is 0 Å². The van der Waals surface area contributed by atoms with E-state index >= 15 is 0 Å². The van der Waals surface area contributed by atoms with Crippen molar-refractivity contribution in [2.75, 3.05) is 0 Å². The largest absolute Gasteiger partial charge is 0.452 e. The lowest BCUT2D eigenvalue weighted by atomic mass is 10.0. The van der Waals surface area contributed by atoms with Crippen LogP contribution in [0.25, 0.3) is 88.4 Å². The van der Waals surface area contributed by atoms with Gasteiger partial charge in [-0.2, -0.15) is 0 Å². The third kappa shape index (κ3) is 4.19. The smallest absolute Gasteiger partial charge is 0.159 e. The minimum atomic E-state index is 0.873. The van der Waals surface area contributed by atoms with Crippen LogP contribution in [0.2, 0.25) is 0 Å². The van der Waals surface area contributed by atoms with Gasteiger partial charge in [0.25, 0.3) is 0 Å². The van der Waals surface area contributed by atoms with Crippen molar-refractivity contribution < 1.29 is 4.74 Å². The molecule has 8 aromatic carbocycles. The summed E-state index contributed by atoms with van der Waals surface area (Å²) in [6, 6.07) is 65.4. The summed E-state index contributed by atoms with van der Waals surface area (Å²) in [5.74, 6) is 1.75. The van der Waals surface area contributed by atoms with Gasteiger partial charge in [-0.3, -0.25) is 0 Å². The fraction of sp³-hybridized carbons (Fsp3) is 0. The van der Waals surface area contributed by atoms with Crippen LogP contribution in [-0.2, 0) is 0 Å². The molecule has 51 heavy (non-hydrogen) atoms. The molecule has 0 saturated carbocycles. The molecule has 2 aromatic heterocycles. The predicted molar refractivity (Wildman–Crippen MR) is 212 cm³/mol. The van der Waals surface area contributed by atoms with E-state index in [-0.39, 0.29) is 0 Å². The second kappa shape index (κ2) is 10.8. The van der Waals surface area contributed by atoms with Crippen molar-refractivity contribution in [2.45, 2.75) is 0 Å². The Morgan fingerprint density at radius 1 is 0.353 bits per heavy atom. The van der Waals surface area contributed by atoms with Crippen LogP contribution in [-0.4, -0.2) is 9.13 Å². The van der Waals surface area contributed by atoms with Crippen molar-refractivity contribution in [3.8, 4) is 56.3 Å². The van der Waals surface area contributed by atoms with Crippen molar-refractivity contribution in [2.24, 2.45) is 0 Å². The van der Waals surface area contributed by atoms with E-state index in [1.165, 1.54) is 60.3 Å². The Balaban J connectivity index is 1.12. The Morgan fingerprint density at radius 2 is 0.941 bits per heavy atom. The van der Waals surface area contributed by atoms with Gasteiger partial charge < -0.3 is 13.9 Å². The third-order valence-electron chi connectivity index (χ3n) is 10.5. The fourth-order valence-corrected chi connectivity index (χ4v) is 8.20. The SMILES string of the molecule is c1ccc(-c2ccc3c(c2)c2cc(-c4ccccc4)ccc2n3-c2cccc(-c3cccc4c3Oc3cccc5c6ccccc6n-4c35)c2)cc1. The zero-order chi connectivity index (χ0) is 33.5. The number of fused-ring (bicyclic) bond motifs is 8. The molecule has 0 N–H and O–H groups in total. The van der Waals surface area contributed by atoms with Gasteiger partial charge in [-0.1, -0.05) is 127 Å². The van der Waals surface area contributed by atoms with Gasteiger partial charge in [0.1, 0.15) is 0 Å². The number of benzene rings is 8. The molecule has 1 aliphatic rings. The molecule has 0 atom stereocenters. The Hall–Kier alpha value is -6.84. The van der Waals surface area contributed by atoms with E-state index in [2.05, 4.69) is 191 Å². The summed E-state index contributed by atoms with van der Waals surface area (Å²) >= 11 is 0. The predicted octanol–water partition coefficient (Wildman–Crippen LogP) is 13.0. The molecule has 3 heterocycles. The van der Waals surface area contributed by atoms with Gasteiger partial charge in [0.15, 0.2) is 11.5 Å². The Morgan fingerprint density at radius 3 is 1.67 bits per heavy atom. The molecule has 238 valence electrons. The van der Waals surface area contributed by atoms with E-state index in [0.717, 1.165) is 39.5 Å². The highest BCUT2D eigenvalue weighted by Gasteiger charge is 2.26. The Labute approximate surface area is 294 Å². The number of para-hydroxylation sites is 3. The van der Waals surface area contributed by atoms with Crippen LogP contribution in [0.15, 0.2) is 182 Å². The first-order valence-corrected chi connectivity index (χ1v) is 17.4. The summed E-state index contributed by atoms with van der Waals surface area (Å²) in [6.45, 7) is 0. The highest BCUT2D eigenvalue weighted by molar-refractivity contribution is 6.13. The average Bonchev–Trinajstić information content (AvgIpc) is 3.72. The lowest BCUT2D eigenvalue weighted by molar-refractivity contribution is 0.478. The molecule has 11 rings (SSSR count). The van der Waals surface area contributed by atoms with Gasteiger partial charge in [-0.15, -0.1) is 0 Å². The zero-order valence-corrected chi connectivity index (χ0v) is 27.6. The molecule has 3 heteroatoms. The number of aromatic nitrogens is 2. The maximum absolute atomic E-state index is 6.82. The number of nitrogens with zero attached hydrogens (tertiary/aromatic N) is 2. The highest BCUT2D eigenvalue weighted by atomic mass is 16.5. The summed E-state index contributed by atoms with van der Waals surface area (Å²) in [6.07, 6.45) is 0. The second-order valence-electron chi connectivity index (χ2n) is 13.3. The molecular weight excluding hydrogens is 621 g/mol. The zero-order valence-electron chi connectivity index (χ0n) is 27.6. The van der Waals surface area contributed by atoms with E-state index in [1.807, 2.05) is 0 Å². The topological polar surface area (TPSA) is 19.1 Å². The molecule has 0 aliphatic carbocycles. The van der Waals surface area contributed by atoms with Gasteiger partial charge in [0, 0.05) is 32.8 Å². The van der Waals surface area contributed by atoms with Crippen molar-refractivity contribution in [1.29, 1.82) is 0 Å². The first kappa shape index (κ1) is 28.0. The van der Waals surface area contributed by atoms with Gasteiger partial charge in [0.05, 0.1) is 27.8 Å². The van der Waals surface area contributed by atoms with Crippen LogP contribution >= 0.6 is 0 Å². The molecule has 0 unspecified atom stereocenters. The summed E-state index contributed by atoms with van der Waals surface area (Å²) in [4.78, 5) is 0. The van der Waals surface area contributed by atoms with Crippen molar-refractivity contribution >= 4 is 43.6 Å². The lowest BCUT2D eigenvalue weighted by Gasteiger charge is -2.23. The molecule has 0 saturated heterocycles. The molecule has 0 fully saturated rings. The van der Waals surface area contributed by atoms with Crippen LogP contribution < -0.4 is 4.74 Å². The highest BCUT2D eigenvalue weighted by Crippen LogP contribution is 2.49. The third-order valence-corrected chi connectivity index (χ3v) is 10.5. The van der Waals surface area contributed by atoms with E-state index in [1.54, 1.807) is 0 Å². The Kier molecular flexibility index (Phi) is 5.96. The molecule has 1 aliphatic heterocycles. The standard InChI is InChI=1S/C48H30N2O/c1-3-12-31(13-4-1)33-24-26-43-40(29-33)41-30-34(32-14-5-2-6-15-32)25-27-44(41)49(43)36-17-9-16-35(28-36)37-19-10-22-45-48(37)51-46-23-11-20-39-38-18-7-8-21-42(38)50(45)47(39)46/h1-30H. The van der Waals surface area contributed by atoms with Gasteiger partial charge in [-0.05, 0) is 82.4 Å². The normalized spacial score (nSPS) is 12.1. The van der Waals surface area contributed by atoms with E-state index in [4.69, 9.17) is 4.74 Å². The Bertz CT molecular complexity index is 2890. The monoisotopic (exact) mass is 650 g/mol. The van der Waals surface area contributed by atoms with E-state index < -0.39 is 0 Å². The average molecular weight is 651 g/mol. The van der Waals surface area contributed by atoms with E-state index in [9.17, 15) is 0 Å². The van der Waals surface area contributed by atoms with Crippen molar-refractivity contribution in [3.63, 3.8) is 0 Å².